The summed E-state index contributed by atoms with van der Waals surface area (Å²) in [4.78, 5) is 12.3. The summed E-state index contributed by atoms with van der Waals surface area (Å²) >= 11 is 3.44. The van der Waals surface area contributed by atoms with E-state index in [9.17, 15) is 10.1 Å². The minimum Gasteiger partial charge on any atom is -0.484 e. The smallest absolute Gasteiger partial charge is 0.262 e. The molecular weight excluding hydrogens is 474 g/mol. The number of ether oxygens (including phenoxy) is 2. The first-order chi connectivity index (χ1) is 15.4. The Morgan fingerprint density at radius 1 is 1.34 bits per heavy atom. The maximum Gasteiger partial charge on any atom is 0.262 e. The quantitative estimate of drug-likeness (QED) is 0.492. The van der Waals surface area contributed by atoms with Gasteiger partial charge in [0.05, 0.1) is 5.92 Å². The number of H-pyrrole nitrogens is 1. The van der Waals surface area contributed by atoms with Gasteiger partial charge in [0.2, 0.25) is 11.8 Å². The van der Waals surface area contributed by atoms with Crippen LogP contribution in [0.25, 0.3) is 0 Å². The molecular formula is C23H20BrN5O3. The first-order valence-corrected chi connectivity index (χ1v) is 10.6. The molecule has 1 aliphatic rings. The minimum absolute atomic E-state index is 0.0204. The number of aryl methyl sites for hydroxylation is 2. The zero-order chi connectivity index (χ0) is 22.8. The van der Waals surface area contributed by atoms with E-state index in [2.05, 4.69) is 37.5 Å². The number of anilines is 1. The standard InChI is InChI=1S/C23H20BrN5O3/c1-12-8-15(6-7-18(12)24)27-19(30)11-31-16-5-3-4-14(9-16)21-17(10-25)22(26)32-23-20(21)13(2)28-29-23/h3-9,21H,11,26H2,1-2H3,(H,27,30)(H,28,29). The van der Waals surface area contributed by atoms with E-state index in [-0.39, 0.29) is 18.4 Å². The van der Waals surface area contributed by atoms with Crippen molar-refractivity contribution in [3.05, 3.63) is 80.8 Å². The molecule has 1 atom stereocenters. The Hall–Kier alpha value is -3.77. The molecule has 0 aliphatic carbocycles. The lowest BCUT2D eigenvalue weighted by Gasteiger charge is -2.24. The number of nitrogens with two attached hydrogens (primary N) is 1. The second-order valence-corrected chi connectivity index (χ2v) is 8.22. The predicted molar refractivity (Wildman–Crippen MR) is 122 cm³/mol. The summed E-state index contributed by atoms with van der Waals surface area (Å²) in [5.74, 6) is 0.129. The van der Waals surface area contributed by atoms with Gasteiger partial charge in [-0.3, -0.25) is 9.89 Å². The van der Waals surface area contributed by atoms with E-state index in [4.69, 9.17) is 15.2 Å². The van der Waals surface area contributed by atoms with Gasteiger partial charge < -0.3 is 20.5 Å². The number of hydrogen-bond acceptors (Lipinski definition) is 6. The highest BCUT2D eigenvalue weighted by molar-refractivity contribution is 9.10. The molecule has 1 aliphatic heterocycles. The molecule has 0 radical (unpaired) electrons. The molecule has 0 saturated heterocycles. The SMILES string of the molecule is Cc1cc(NC(=O)COc2cccc(C3C(C#N)=C(N)Oc4n[nH]c(C)c43)c2)ccc1Br. The monoisotopic (exact) mass is 493 g/mol. The van der Waals surface area contributed by atoms with Crippen molar-refractivity contribution < 1.29 is 14.3 Å². The number of halogens is 1. The molecule has 0 spiro atoms. The van der Waals surface area contributed by atoms with Crippen LogP contribution in [0.2, 0.25) is 0 Å². The number of amides is 1. The minimum atomic E-state index is -0.453. The molecule has 4 rings (SSSR count). The summed E-state index contributed by atoms with van der Waals surface area (Å²) in [7, 11) is 0. The molecule has 0 bridgehead atoms. The van der Waals surface area contributed by atoms with Gasteiger partial charge in [-0.05, 0) is 55.3 Å². The molecule has 0 saturated carbocycles. The third-order valence-corrected chi connectivity index (χ3v) is 6.02. The predicted octanol–water partition coefficient (Wildman–Crippen LogP) is 4.02. The molecule has 9 heteroatoms. The highest BCUT2D eigenvalue weighted by Gasteiger charge is 2.34. The number of hydrogen-bond donors (Lipinski definition) is 3. The molecule has 4 N–H and O–H groups in total. The van der Waals surface area contributed by atoms with Crippen molar-refractivity contribution in [3.8, 4) is 17.7 Å². The number of nitrogens with zero attached hydrogens (tertiary/aromatic N) is 2. The van der Waals surface area contributed by atoms with E-state index < -0.39 is 5.92 Å². The Balaban J connectivity index is 1.52. The molecule has 32 heavy (non-hydrogen) atoms. The Kier molecular flexibility index (Phi) is 5.88. The average molecular weight is 494 g/mol. The lowest BCUT2D eigenvalue weighted by Crippen LogP contribution is -2.21. The van der Waals surface area contributed by atoms with Gasteiger partial charge in [0.1, 0.15) is 17.4 Å². The van der Waals surface area contributed by atoms with Crippen molar-refractivity contribution >= 4 is 27.5 Å². The second kappa shape index (κ2) is 8.77. The molecule has 1 amide bonds. The van der Waals surface area contributed by atoms with Crippen LogP contribution in [0.1, 0.15) is 28.3 Å². The fourth-order valence-electron chi connectivity index (χ4n) is 3.58. The lowest BCUT2D eigenvalue weighted by molar-refractivity contribution is -0.118. The van der Waals surface area contributed by atoms with E-state index in [1.54, 1.807) is 18.2 Å². The Morgan fingerprint density at radius 2 is 2.16 bits per heavy atom. The fraction of sp³-hybridized carbons (Fsp3) is 0.174. The van der Waals surface area contributed by atoms with Crippen molar-refractivity contribution in [2.75, 3.05) is 11.9 Å². The number of carbonyl (C=O) groups excluding carboxylic acids is 1. The van der Waals surface area contributed by atoms with Crippen LogP contribution in [0.3, 0.4) is 0 Å². The van der Waals surface area contributed by atoms with Crippen LogP contribution in [-0.2, 0) is 4.79 Å². The van der Waals surface area contributed by atoms with Crippen LogP contribution in [0.15, 0.2) is 58.4 Å². The van der Waals surface area contributed by atoms with Crippen molar-refractivity contribution in [2.24, 2.45) is 5.73 Å². The summed E-state index contributed by atoms with van der Waals surface area (Å²) in [6, 6.07) is 14.9. The Morgan fingerprint density at radius 3 is 2.91 bits per heavy atom. The highest BCUT2D eigenvalue weighted by Crippen LogP contribution is 2.43. The summed E-state index contributed by atoms with van der Waals surface area (Å²) < 4.78 is 12.2. The van der Waals surface area contributed by atoms with Gasteiger partial charge >= 0.3 is 0 Å². The van der Waals surface area contributed by atoms with Crippen LogP contribution in [0, 0.1) is 25.2 Å². The topological polar surface area (TPSA) is 126 Å². The maximum absolute atomic E-state index is 12.3. The molecule has 3 aromatic rings. The van der Waals surface area contributed by atoms with E-state index >= 15 is 0 Å². The van der Waals surface area contributed by atoms with Crippen molar-refractivity contribution in [2.45, 2.75) is 19.8 Å². The zero-order valence-corrected chi connectivity index (χ0v) is 19.0. The number of aromatic nitrogens is 2. The number of fused-ring (bicyclic) bond motifs is 1. The number of carbonyl (C=O) groups is 1. The normalized spacial score (nSPS) is 14.9. The zero-order valence-electron chi connectivity index (χ0n) is 17.4. The van der Waals surface area contributed by atoms with Crippen LogP contribution in [0.5, 0.6) is 11.6 Å². The van der Waals surface area contributed by atoms with Gasteiger partial charge in [-0.2, -0.15) is 5.26 Å². The largest absolute Gasteiger partial charge is 0.484 e. The van der Waals surface area contributed by atoms with Crippen molar-refractivity contribution in [3.63, 3.8) is 0 Å². The summed E-state index contributed by atoms with van der Waals surface area (Å²) in [5.41, 5.74) is 10.3. The second-order valence-electron chi connectivity index (χ2n) is 7.37. The fourth-order valence-corrected chi connectivity index (χ4v) is 3.83. The first-order valence-electron chi connectivity index (χ1n) is 9.78. The molecule has 2 heterocycles. The summed E-state index contributed by atoms with van der Waals surface area (Å²) in [6.07, 6.45) is 0. The van der Waals surface area contributed by atoms with E-state index in [1.165, 1.54) is 0 Å². The number of nitrogens with one attached hydrogen (secondary N) is 2. The van der Waals surface area contributed by atoms with Crippen molar-refractivity contribution in [1.29, 1.82) is 5.26 Å². The van der Waals surface area contributed by atoms with E-state index in [1.807, 2.05) is 38.1 Å². The lowest BCUT2D eigenvalue weighted by atomic mass is 9.84. The van der Waals surface area contributed by atoms with Crippen LogP contribution in [-0.4, -0.2) is 22.7 Å². The average Bonchev–Trinajstić information content (AvgIpc) is 3.14. The van der Waals surface area contributed by atoms with Gasteiger partial charge in [0.15, 0.2) is 6.61 Å². The van der Waals surface area contributed by atoms with Crippen LogP contribution >= 0.6 is 15.9 Å². The number of nitriles is 1. The molecule has 1 aromatic heterocycles. The third kappa shape index (κ3) is 4.18. The van der Waals surface area contributed by atoms with Gasteiger partial charge in [-0.15, -0.1) is 5.10 Å². The van der Waals surface area contributed by atoms with Gasteiger partial charge in [0.25, 0.3) is 5.91 Å². The van der Waals surface area contributed by atoms with Gasteiger partial charge in [-0.1, -0.05) is 28.1 Å². The van der Waals surface area contributed by atoms with Crippen molar-refractivity contribution in [1.82, 2.24) is 10.2 Å². The number of rotatable bonds is 5. The van der Waals surface area contributed by atoms with E-state index in [0.29, 0.717) is 22.9 Å². The number of allylic oxidation sites excluding steroid dienone is 1. The third-order valence-electron chi connectivity index (χ3n) is 5.13. The van der Waals surface area contributed by atoms with Gasteiger partial charge in [0, 0.05) is 21.4 Å². The molecule has 162 valence electrons. The Labute approximate surface area is 193 Å². The van der Waals surface area contributed by atoms with Gasteiger partial charge in [-0.25, -0.2) is 0 Å². The highest BCUT2D eigenvalue weighted by atomic mass is 79.9. The first kappa shape index (κ1) is 21.5. The maximum atomic E-state index is 12.3. The van der Waals surface area contributed by atoms with Crippen LogP contribution < -0.4 is 20.5 Å². The number of aromatic amines is 1. The summed E-state index contributed by atoms with van der Waals surface area (Å²) in [6.45, 7) is 3.64. The van der Waals surface area contributed by atoms with Crippen LogP contribution in [0.4, 0.5) is 5.69 Å². The molecule has 8 nitrogen and oxygen atoms in total. The molecule has 0 fully saturated rings. The molecule has 2 aromatic carbocycles. The van der Waals surface area contributed by atoms with E-state index in [0.717, 1.165) is 26.9 Å². The molecule has 1 unspecified atom stereocenters. The summed E-state index contributed by atoms with van der Waals surface area (Å²) in [5, 5.41) is 19.5. The number of benzene rings is 2. The Bertz CT molecular complexity index is 1270.